The number of carboxylic acid groups (broad SMARTS) is 1. The van der Waals surface area contributed by atoms with Crippen LogP contribution in [0.5, 0.6) is 0 Å². The molecule has 0 spiro atoms. The van der Waals surface area contributed by atoms with Crippen molar-refractivity contribution in [3.8, 4) is 0 Å². The molecule has 1 saturated heterocycles. The van der Waals surface area contributed by atoms with Gasteiger partial charge in [-0.05, 0) is 31.7 Å². The van der Waals surface area contributed by atoms with Gasteiger partial charge in [0, 0.05) is 24.3 Å². The van der Waals surface area contributed by atoms with Gasteiger partial charge in [0.15, 0.2) is 0 Å². The number of carboxylic acids is 1. The molecule has 0 amide bonds. The number of carbonyl (C=O) groups is 1. The fourth-order valence-electron chi connectivity index (χ4n) is 4.48. The van der Waals surface area contributed by atoms with Gasteiger partial charge in [-0.25, -0.2) is 9.18 Å². The molecular formula is C20H19FN2O4. The molecule has 5 rings (SSSR count). The molecule has 2 aromatic rings. The van der Waals surface area contributed by atoms with Crippen molar-refractivity contribution in [3.05, 3.63) is 45.5 Å². The maximum Gasteiger partial charge on any atom is 0.341 e. The zero-order valence-corrected chi connectivity index (χ0v) is 14.6. The molecule has 6 nitrogen and oxygen atoms in total. The zero-order chi connectivity index (χ0) is 18.9. The van der Waals surface area contributed by atoms with Gasteiger partial charge >= 0.3 is 5.97 Å². The van der Waals surface area contributed by atoms with Crippen LogP contribution < -0.4 is 10.3 Å². The second kappa shape index (κ2) is 5.66. The van der Waals surface area contributed by atoms with E-state index in [1.165, 1.54) is 12.3 Å². The molecule has 7 heteroatoms. The van der Waals surface area contributed by atoms with Crippen LogP contribution in [0.4, 0.5) is 10.1 Å². The van der Waals surface area contributed by atoms with E-state index in [2.05, 4.69) is 0 Å². The average Bonchev–Trinajstić information content (AvgIpc) is 3.42. The third-order valence-electron chi connectivity index (χ3n) is 5.91. The Morgan fingerprint density at radius 3 is 2.74 bits per heavy atom. The number of benzene rings is 1. The summed E-state index contributed by atoms with van der Waals surface area (Å²) in [5.41, 5.74) is 0.590. The van der Waals surface area contributed by atoms with E-state index in [4.69, 9.17) is 0 Å². The van der Waals surface area contributed by atoms with E-state index in [0.29, 0.717) is 36.2 Å². The maximum atomic E-state index is 15.2. The van der Waals surface area contributed by atoms with E-state index in [1.54, 1.807) is 0 Å². The number of aromatic nitrogens is 1. The van der Waals surface area contributed by atoms with E-state index in [9.17, 15) is 19.8 Å². The van der Waals surface area contributed by atoms with E-state index < -0.39 is 23.3 Å². The lowest BCUT2D eigenvalue weighted by molar-refractivity contribution is 0.0695. The van der Waals surface area contributed by atoms with Gasteiger partial charge in [0.05, 0.1) is 28.7 Å². The van der Waals surface area contributed by atoms with Crippen LogP contribution in [-0.4, -0.2) is 39.4 Å². The van der Waals surface area contributed by atoms with Gasteiger partial charge in [-0.3, -0.25) is 4.79 Å². The Morgan fingerprint density at radius 1 is 1.26 bits per heavy atom. The fourth-order valence-corrected chi connectivity index (χ4v) is 4.48. The summed E-state index contributed by atoms with van der Waals surface area (Å²) in [7, 11) is 0. The summed E-state index contributed by atoms with van der Waals surface area (Å²) in [5.74, 6) is -1.85. The highest BCUT2D eigenvalue weighted by Crippen LogP contribution is 2.43. The second-order valence-corrected chi connectivity index (χ2v) is 7.59. The highest BCUT2D eigenvalue weighted by atomic mass is 19.1. The maximum absolute atomic E-state index is 15.2. The normalized spacial score (nSPS) is 24.0. The number of nitrogens with zero attached hydrogens (tertiary/aromatic N) is 2. The average molecular weight is 370 g/mol. The minimum absolute atomic E-state index is 0.0981. The highest BCUT2D eigenvalue weighted by molar-refractivity contribution is 5.98. The monoisotopic (exact) mass is 370 g/mol. The Kier molecular flexibility index (Phi) is 3.46. The van der Waals surface area contributed by atoms with Crippen molar-refractivity contribution in [2.75, 3.05) is 11.4 Å². The molecule has 3 aliphatic rings. The van der Waals surface area contributed by atoms with Crippen molar-refractivity contribution < 1.29 is 19.4 Å². The molecule has 2 fully saturated rings. The third kappa shape index (κ3) is 2.34. The summed E-state index contributed by atoms with van der Waals surface area (Å²) in [6.45, 7) is 0.545. The van der Waals surface area contributed by atoms with E-state index in [0.717, 1.165) is 12.8 Å². The van der Waals surface area contributed by atoms with Crippen LogP contribution in [0.25, 0.3) is 17.0 Å². The standard InChI is InChI=1S/C20H19FN2O4/c21-14-8-12-17(23(10-4-5-10)9-13(19(12)25)20(26)27)11-2-1-3-15-16(24)6-7-22(15)18(11)14/h1-2,8-10,15-16,24H,3-7H2,(H,26,27)/t15-,16-/m1/s1. The van der Waals surface area contributed by atoms with E-state index in [1.807, 2.05) is 21.6 Å². The Balaban J connectivity index is 1.88. The van der Waals surface area contributed by atoms with Crippen molar-refractivity contribution in [1.29, 1.82) is 0 Å². The molecule has 1 aliphatic carbocycles. The Labute approximate surface area is 154 Å². The molecule has 27 heavy (non-hydrogen) atoms. The number of aliphatic hydroxyl groups excluding tert-OH is 1. The quantitative estimate of drug-likeness (QED) is 0.849. The zero-order valence-electron chi connectivity index (χ0n) is 14.6. The van der Waals surface area contributed by atoms with Gasteiger partial charge in [-0.2, -0.15) is 0 Å². The molecule has 2 aliphatic heterocycles. The summed E-state index contributed by atoms with van der Waals surface area (Å²) >= 11 is 0. The number of hydrogen-bond donors (Lipinski definition) is 2. The Morgan fingerprint density at radius 2 is 2.04 bits per heavy atom. The SMILES string of the molecule is O=C(O)c1cn(C2CC2)c2c3c(c(F)cc2c1=O)N1CC[C@@H](O)[C@H]1CC=C3. The number of hydrogen-bond acceptors (Lipinski definition) is 4. The fraction of sp³-hybridized carbons (Fsp3) is 0.400. The van der Waals surface area contributed by atoms with Crippen LogP contribution in [0.2, 0.25) is 0 Å². The van der Waals surface area contributed by atoms with Crippen molar-refractivity contribution in [2.24, 2.45) is 0 Å². The van der Waals surface area contributed by atoms with Gasteiger partial charge < -0.3 is 19.7 Å². The van der Waals surface area contributed by atoms with Crippen LogP contribution in [0.1, 0.15) is 47.6 Å². The van der Waals surface area contributed by atoms with Crippen molar-refractivity contribution in [3.63, 3.8) is 0 Å². The molecule has 140 valence electrons. The summed E-state index contributed by atoms with van der Waals surface area (Å²) in [6.07, 6.45) is 7.57. The topological polar surface area (TPSA) is 82.8 Å². The molecule has 3 heterocycles. The smallest absolute Gasteiger partial charge is 0.341 e. The number of anilines is 1. The largest absolute Gasteiger partial charge is 0.477 e. The van der Waals surface area contributed by atoms with Crippen molar-refractivity contribution in [1.82, 2.24) is 4.57 Å². The molecule has 0 bridgehead atoms. The number of rotatable bonds is 2. The van der Waals surface area contributed by atoms with Gasteiger partial charge in [0.2, 0.25) is 5.43 Å². The number of halogens is 1. The highest BCUT2D eigenvalue weighted by Gasteiger charge is 2.37. The first-order chi connectivity index (χ1) is 13.0. The first-order valence-corrected chi connectivity index (χ1v) is 9.23. The second-order valence-electron chi connectivity index (χ2n) is 7.59. The Bertz CT molecular complexity index is 1070. The number of aromatic carboxylic acids is 1. The molecule has 2 N–H and O–H groups in total. The van der Waals surface area contributed by atoms with E-state index >= 15 is 4.39 Å². The van der Waals surface area contributed by atoms with Gasteiger partial charge in [-0.15, -0.1) is 0 Å². The van der Waals surface area contributed by atoms with Crippen molar-refractivity contribution in [2.45, 2.75) is 43.9 Å². The van der Waals surface area contributed by atoms with Crippen LogP contribution >= 0.6 is 0 Å². The Hall–Kier alpha value is -2.67. The first kappa shape index (κ1) is 16.5. The molecule has 2 atom stereocenters. The van der Waals surface area contributed by atoms with Crippen LogP contribution in [0.3, 0.4) is 0 Å². The van der Waals surface area contributed by atoms with Gasteiger partial charge in [0.1, 0.15) is 11.4 Å². The number of aliphatic hydroxyl groups is 1. The van der Waals surface area contributed by atoms with Crippen molar-refractivity contribution >= 4 is 28.6 Å². The predicted molar refractivity (Wildman–Crippen MR) is 98.8 cm³/mol. The summed E-state index contributed by atoms with van der Waals surface area (Å²) in [4.78, 5) is 26.1. The number of pyridine rings is 1. The van der Waals surface area contributed by atoms with Crippen LogP contribution in [0.15, 0.2) is 23.1 Å². The summed E-state index contributed by atoms with van der Waals surface area (Å²) < 4.78 is 17.0. The molecule has 1 aromatic heterocycles. The molecular weight excluding hydrogens is 351 g/mol. The lowest BCUT2D eigenvalue weighted by Crippen LogP contribution is -2.35. The van der Waals surface area contributed by atoms with Crippen LogP contribution in [-0.2, 0) is 0 Å². The minimum atomic E-state index is -1.30. The third-order valence-corrected chi connectivity index (χ3v) is 5.91. The van der Waals surface area contributed by atoms with Gasteiger partial charge in [-0.1, -0.05) is 12.2 Å². The molecule has 1 saturated carbocycles. The predicted octanol–water partition coefficient (Wildman–Crippen LogP) is 2.53. The van der Waals surface area contributed by atoms with Gasteiger partial charge in [0.25, 0.3) is 0 Å². The molecule has 0 radical (unpaired) electrons. The first-order valence-electron chi connectivity index (χ1n) is 9.23. The minimum Gasteiger partial charge on any atom is -0.477 e. The lowest BCUT2D eigenvalue weighted by Gasteiger charge is -2.28. The molecule has 0 unspecified atom stereocenters. The molecule has 1 aromatic carbocycles. The van der Waals surface area contributed by atoms with Crippen LogP contribution in [0, 0.1) is 5.82 Å². The van der Waals surface area contributed by atoms with E-state index in [-0.39, 0.29) is 23.0 Å². The summed E-state index contributed by atoms with van der Waals surface area (Å²) in [6, 6.07) is 1.11. The summed E-state index contributed by atoms with van der Waals surface area (Å²) in [5, 5.41) is 19.8. The lowest BCUT2D eigenvalue weighted by atomic mass is 10.0. The number of fused-ring (bicyclic) bond motifs is 5.